The number of ether oxygens (including phenoxy) is 1. The van der Waals surface area contributed by atoms with E-state index in [1.54, 1.807) is 31.3 Å². The van der Waals surface area contributed by atoms with Crippen LogP contribution in [0.5, 0.6) is 5.75 Å². The highest BCUT2D eigenvalue weighted by molar-refractivity contribution is 7.98. The average molecular weight is 409 g/mol. The van der Waals surface area contributed by atoms with E-state index in [9.17, 15) is 0 Å². The van der Waals surface area contributed by atoms with Gasteiger partial charge in [-0.25, -0.2) is 0 Å². The number of halogens is 1. The van der Waals surface area contributed by atoms with E-state index in [0.29, 0.717) is 5.02 Å². The summed E-state index contributed by atoms with van der Waals surface area (Å²) >= 11 is 8.09. The first-order valence-corrected chi connectivity index (χ1v) is 9.99. The fraction of sp³-hybridized carbons (Fsp3) is 0.0952. The molecule has 0 saturated carbocycles. The van der Waals surface area contributed by atoms with Crippen molar-refractivity contribution in [1.29, 1.82) is 0 Å². The Morgan fingerprint density at radius 2 is 1.71 bits per heavy atom. The molecule has 0 aliphatic carbocycles. The monoisotopic (exact) mass is 408 g/mol. The van der Waals surface area contributed by atoms with Crippen molar-refractivity contribution in [2.24, 2.45) is 0 Å². The van der Waals surface area contributed by atoms with Crippen molar-refractivity contribution in [3.63, 3.8) is 0 Å². The lowest BCUT2D eigenvalue weighted by Gasteiger charge is -2.12. The van der Waals surface area contributed by atoms with E-state index in [1.165, 1.54) is 5.56 Å². The molecule has 7 heteroatoms. The Kier molecular flexibility index (Phi) is 5.60. The lowest BCUT2D eigenvalue weighted by molar-refractivity contribution is 0.414. The molecule has 0 N–H and O–H groups in total. The maximum absolute atomic E-state index is 6.49. The number of pyridine rings is 1. The maximum atomic E-state index is 6.49. The molecule has 2 aromatic carbocycles. The number of aromatic nitrogens is 4. The molecule has 0 atom stereocenters. The molecular formula is C21H17ClN4OS. The second kappa shape index (κ2) is 8.46. The highest BCUT2D eigenvalue weighted by Crippen LogP contribution is 2.32. The van der Waals surface area contributed by atoms with Crippen LogP contribution in [0.1, 0.15) is 5.56 Å². The van der Waals surface area contributed by atoms with Crippen molar-refractivity contribution >= 4 is 23.4 Å². The Hall–Kier alpha value is -2.83. The van der Waals surface area contributed by atoms with E-state index in [1.807, 2.05) is 65.2 Å². The summed E-state index contributed by atoms with van der Waals surface area (Å²) in [7, 11) is 1.66. The van der Waals surface area contributed by atoms with Crippen molar-refractivity contribution in [3.05, 3.63) is 83.6 Å². The van der Waals surface area contributed by atoms with Gasteiger partial charge >= 0.3 is 0 Å². The second-order valence-electron chi connectivity index (χ2n) is 5.97. The maximum Gasteiger partial charge on any atom is 0.196 e. The van der Waals surface area contributed by atoms with Gasteiger partial charge in [0.1, 0.15) is 5.75 Å². The van der Waals surface area contributed by atoms with E-state index in [-0.39, 0.29) is 0 Å². The highest BCUT2D eigenvalue weighted by Gasteiger charge is 2.18. The van der Waals surface area contributed by atoms with Crippen LogP contribution in [0, 0.1) is 0 Å². The number of benzene rings is 2. The van der Waals surface area contributed by atoms with Gasteiger partial charge in [-0.1, -0.05) is 47.6 Å². The zero-order valence-corrected chi connectivity index (χ0v) is 16.7. The topological polar surface area (TPSA) is 52.8 Å². The average Bonchev–Trinajstić information content (AvgIpc) is 3.17. The Morgan fingerprint density at radius 1 is 0.964 bits per heavy atom. The van der Waals surface area contributed by atoms with Crippen LogP contribution in [0.4, 0.5) is 0 Å². The van der Waals surface area contributed by atoms with Crippen LogP contribution in [0.3, 0.4) is 0 Å². The molecule has 0 unspecified atom stereocenters. The first kappa shape index (κ1) is 18.5. The summed E-state index contributed by atoms with van der Waals surface area (Å²) in [5.74, 6) is 2.32. The van der Waals surface area contributed by atoms with Gasteiger partial charge in [-0.2, -0.15) is 0 Å². The predicted molar refractivity (Wildman–Crippen MR) is 112 cm³/mol. The molecule has 0 amide bonds. The zero-order valence-electron chi connectivity index (χ0n) is 15.1. The van der Waals surface area contributed by atoms with Gasteiger partial charge in [-0.15, -0.1) is 10.2 Å². The summed E-state index contributed by atoms with van der Waals surface area (Å²) in [5, 5.41) is 10.3. The molecule has 28 heavy (non-hydrogen) atoms. The predicted octanol–water partition coefficient (Wildman–Crippen LogP) is 5.28. The van der Waals surface area contributed by atoms with E-state index >= 15 is 0 Å². The number of hydrogen-bond acceptors (Lipinski definition) is 5. The third kappa shape index (κ3) is 3.88. The molecule has 5 nitrogen and oxygen atoms in total. The molecule has 0 radical (unpaired) electrons. The Bertz CT molecular complexity index is 1070. The standard InChI is InChI=1S/C21H17ClN4OS/c1-27-17-8-6-15(7-9-17)14-28-21-25-24-20(16-10-12-23-13-11-16)26(21)19-5-3-2-4-18(19)22/h2-13H,14H2,1H3. The minimum absolute atomic E-state index is 0.643. The van der Waals surface area contributed by atoms with Gasteiger partial charge in [-0.3, -0.25) is 9.55 Å². The number of hydrogen-bond donors (Lipinski definition) is 0. The Morgan fingerprint density at radius 3 is 2.43 bits per heavy atom. The van der Waals surface area contributed by atoms with Crippen molar-refractivity contribution in [2.45, 2.75) is 10.9 Å². The molecule has 140 valence electrons. The van der Waals surface area contributed by atoms with E-state index in [0.717, 1.165) is 33.7 Å². The number of methoxy groups -OCH3 is 1. The van der Waals surface area contributed by atoms with Crippen LogP contribution in [0.2, 0.25) is 5.02 Å². The van der Waals surface area contributed by atoms with Crippen LogP contribution < -0.4 is 4.74 Å². The zero-order chi connectivity index (χ0) is 19.3. The van der Waals surface area contributed by atoms with Crippen molar-refractivity contribution in [3.8, 4) is 22.8 Å². The minimum atomic E-state index is 0.643. The van der Waals surface area contributed by atoms with Gasteiger partial charge in [0.25, 0.3) is 0 Å². The minimum Gasteiger partial charge on any atom is -0.497 e. The van der Waals surface area contributed by atoms with Crippen LogP contribution in [-0.4, -0.2) is 26.9 Å². The van der Waals surface area contributed by atoms with Crippen molar-refractivity contribution < 1.29 is 4.74 Å². The molecule has 0 aliphatic rings. The molecule has 0 fully saturated rings. The van der Waals surface area contributed by atoms with Crippen LogP contribution >= 0.6 is 23.4 Å². The van der Waals surface area contributed by atoms with Crippen LogP contribution in [0.25, 0.3) is 17.1 Å². The van der Waals surface area contributed by atoms with Gasteiger partial charge in [0, 0.05) is 23.7 Å². The highest BCUT2D eigenvalue weighted by atomic mass is 35.5. The molecule has 2 heterocycles. The normalized spacial score (nSPS) is 10.8. The fourth-order valence-electron chi connectivity index (χ4n) is 2.77. The lowest BCUT2D eigenvalue weighted by atomic mass is 10.2. The Labute approximate surface area is 172 Å². The number of thioether (sulfide) groups is 1. The van der Waals surface area contributed by atoms with Crippen LogP contribution in [-0.2, 0) is 5.75 Å². The van der Waals surface area contributed by atoms with Gasteiger partial charge in [0.2, 0.25) is 0 Å². The summed E-state index contributed by atoms with van der Waals surface area (Å²) in [6.45, 7) is 0. The fourth-order valence-corrected chi connectivity index (χ4v) is 3.89. The summed E-state index contributed by atoms with van der Waals surface area (Å²) in [6, 6.07) is 19.5. The molecule has 0 aliphatic heterocycles. The van der Waals surface area contributed by atoms with Crippen molar-refractivity contribution in [1.82, 2.24) is 19.7 Å². The molecule has 0 bridgehead atoms. The van der Waals surface area contributed by atoms with Gasteiger partial charge in [0.05, 0.1) is 17.8 Å². The number of para-hydroxylation sites is 1. The molecule has 4 rings (SSSR count). The SMILES string of the molecule is COc1ccc(CSc2nnc(-c3ccncc3)n2-c2ccccc2Cl)cc1. The van der Waals surface area contributed by atoms with Crippen LogP contribution in [0.15, 0.2) is 78.2 Å². The van der Waals surface area contributed by atoms with Gasteiger partial charge in [-0.05, 0) is 42.0 Å². The van der Waals surface area contributed by atoms with Gasteiger partial charge < -0.3 is 4.74 Å². The Balaban J connectivity index is 1.71. The molecule has 0 spiro atoms. The molecule has 2 aromatic heterocycles. The largest absolute Gasteiger partial charge is 0.497 e. The number of nitrogens with zero attached hydrogens (tertiary/aromatic N) is 4. The number of rotatable bonds is 6. The van der Waals surface area contributed by atoms with Gasteiger partial charge in [0.15, 0.2) is 11.0 Å². The van der Waals surface area contributed by atoms with E-state index < -0.39 is 0 Å². The second-order valence-corrected chi connectivity index (χ2v) is 7.32. The van der Waals surface area contributed by atoms with E-state index in [4.69, 9.17) is 16.3 Å². The summed E-state index contributed by atoms with van der Waals surface area (Å²) < 4.78 is 7.21. The molecule has 0 saturated heterocycles. The lowest BCUT2D eigenvalue weighted by Crippen LogP contribution is -2.00. The summed E-state index contributed by atoms with van der Waals surface area (Å²) in [6.07, 6.45) is 3.48. The summed E-state index contributed by atoms with van der Waals surface area (Å²) in [4.78, 5) is 4.09. The summed E-state index contributed by atoms with van der Waals surface area (Å²) in [5.41, 5.74) is 2.95. The first-order chi connectivity index (χ1) is 13.8. The third-order valence-corrected chi connectivity index (χ3v) is 5.51. The smallest absolute Gasteiger partial charge is 0.196 e. The quantitative estimate of drug-likeness (QED) is 0.406. The molecular weight excluding hydrogens is 392 g/mol. The van der Waals surface area contributed by atoms with Crippen molar-refractivity contribution in [2.75, 3.05) is 7.11 Å². The third-order valence-electron chi connectivity index (χ3n) is 4.19. The van der Waals surface area contributed by atoms with E-state index in [2.05, 4.69) is 15.2 Å². The first-order valence-electron chi connectivity index (χ1n) is 8.62. The molecule has 4 aromatic rings.